The first-order valence-corrected chi connectivity index (χ1v) is 3.84. The van der Waals surface area contributed by atoms with Gasteiger partial charge in [-0.3, -0.25) is 0 Å². The molecule has 58 valence electrons. The number of hydrogen-bond donors (Lipinski definition) is 2. The molecule has 1 spiro atoms. The largest absolute Gasteiger partial charge is 0.391 e. The van der Waals surface area contributed by atoms with E-state index in [-0.39, 0.29) is 11.7 Å². The van der Waals surface area contributed by atoms with Crippen molar-refractivity contribution in [2.75, 3.05) is 19.7 Å². The summed E-state index contributed by atoms with van der Waals surface area (Å²) in [5.74, 6) is 0. The third-order valence-electron chi connectivity index (χ3n) is 2.39. The molecular formula is C7H13NO2. The minimum Gasteiger partial charge on any atom is -0.391 e. The van der Waals surface area contributed by atoms with E-state index in [4.69, 9.17) is 4.74 Å². The molecule has 0 radical (unpaired) electrons. The summed E-state index contributed by atoms with van der Waals surface area (Å²) < 4.78 is 5.50. The van der Waals surface area contributed by atoms with Gasteiger partial charge in [0.15, 0.2) is 0 Å². The Morgan fingerprint density at radius 2 is 2.50 bits per heavy atom. The van der Waals surface area contributed by atoms with Gasteiger partial charge in [0, 0.05) is 13.0 Å². The quantitative estimate of drug-likeness (QED) is 0.480. The molecule has 2 unspecified atom stereocenters. The summed E-state index contributed by atoms with van der Waals surface area (Å²) >= 11 is 0. The Morgan fingerprint density at radius 3 is 3.00 bits per heavy atom. The molecule has 0 aromatic carbocycles. The van der Waals surface area contributed by atoms with Crippen LogP contribution >= 0.6 is 0 Å². The average molecular weight is 143 g/mol. The van der Waals surface area contributed by atoms with Crippen molar-refractivity contribution in [3.8, 4) is 0 Å². The van der Waals surface area contributed by atoms with E-state index in [1.54, 1.807) is 0 Å². The molecule has 2 N–H and O–H groups in total. The summed E-state index contributed by atoms with van der Waals surface area (Å²) in [6.45, 7) is 2.48. The van der Waals surface area contributed by atoms with Gasteiger partial charge in [0.2, 0.25) is 0 Å². The molecule has 10 heavy (non-hydrogen) atoms. The van der Waals surface area contributed by atoms with Gasteiger partial charge in [0.05, 0.1) is 18.3 Å². The maximum atomic E-state index is 9.20. The van der Waals surface area contributed by atoms with E-state index in [1.165, 1.54) is 0 Å². The molecule has 2 heterocycles. The van der Waals surface area contributed by atoms with Crippen molar-refractivity contribution < 1.29 is 9.84 Å². The lowest BCUT2D eigenvalue weighted by atomic mass is 9.99. The van der Waals surface area contributed by atoms with E-state index < -0.39 is 0 Å². The Balaban J connectivity index is 2.03. The standard InChI is InChI=1S/C7H13NO2/c9-6-3-7(10-4-6)1-2-8-5-7/h6,8-9H,1-5H2. The van der Waals surface area contributed by atoms with Crippen LogP contribution in [-0.2, 0) is 4.74 Å². The van der Waals surface area contributed by atoms with Crippen LogP contribution in [0.5, 0.6) is 0 Å². The highest BCUT2D eigenvalue weighted by atomic mass is 16.5. The zero-order chi connectivity index (χ0) is 7.03. The van der Waals surface area contributed by atoms with Gasteiger partial charge >= 0.3 is 0 Å². The van der Waals surface area contributed by atoms with Crippen LogP contribution in [0.15, 0.2) is 0 Å². The van der Waals surface area contributed by atoms with Crippen molar-refractivity contribution in [1.29, 1.82) is 0 Å². The van der Waals surface area contributed by atoms with Gasteiger partial charge in [0.25, 0.3) is 0 Å². The van der Waals surface area contributed by atoms with Crippen molar-refractivity contribution in [3.05, 3.63) is 0 Å². The highest BCUT2D eigenvalue weighted by Gasteiger charge is 2.41. The molecular weight excluding hydrogens is 130 g/mol. The van der Waals surface area contributed by atoms with Crippen molar-refractivity contribution in [2.45, 2.75) is 24.5 Å². The molecule has 2 fully saturated rings. The summed E-state index contributed by atoms with van der Waals surface area (Å²) in [4.78, 5) is 0. The van der Waals surface area contributed by atoms with Gasteiger partial charge < -0.3 is 15.2 Å². The van der Waals surface area contributed by atoms with E-state index in [0.717, 1.165) is 25.9 Å². The molecule has 0 aromatic heterocycles. The molecule has 2 saturated heterocycles. The van der Waals surface area contributed by atoms with Crippen LogP contribution in [0, 0.1) is 0 Å². The minimum absolute atomic E-state index is 0.000579. The first-order valence-electron chi connectivity index (χ1n) is 3.84. The van der Waals surface area contributed by atoms with E-state index in [1.807, 2.05) is 0 Å². The summed E-state index contributed by atoms with van der Waals surface area (Å²) in [7, 11) is 0. The van der Waals surface area contributed by atoms with Gasteiger partial charge in [-0.05, 0) is 13.0 Å². The Labute approximate surface area is 60.4 Å². The summed E-state index contributed by atoms with van der Waals surface area (Å²) in [6, 6.07) is 0. The number of aliphatic hydroxyl groups excluding tert-OH is 1. The van der Waals surface area contributed by atoms with Crippen LogP contribution in [-0.4, -0.2) is 36.5 Å². The number of ether oxygens (including phenoxy) is 1. The van der Waals surface area contributed by atoms with Crippen LogP contribution in [0.2, 0.25) is 0 Å². The van der Waals surface area contributed by atoms with E-state index >= 15 is 0 Å². The first-order chi connectivity index (χ1) is 4.81. The molecule has 0 bridgehead atoms. The molecule has 3 nitrogen and oxygen atoms in total. The molecule has 0 aliphatic carbocycles. The predicted molar refractivity (Wildman–Crippen MR) is 36.8 cm³/mol. The lowest BCUT2D eigenvalue weighted by Crippen LogP contribution is -2.30. The fourth-order valence-corrected chi connectivity index (χ4v) is 1.84. The molecule has 0 saturated carbocycles. The average Bonchev–Trinajstić information content (AvgIpc) is 2.46. The summed E-state index contributed by atoms with van der Waals surface area (Å²) in [6.07, 6.45) is 1.66. The number of nitrogens with one attached hydrogen (secondary N) is 1. The Morgan fingerprint density at radius 1 is 1.60 bits per heavy atom. The monoisotopic (exact) mass is 143 g/mol. The van der Waals surface area contributed by atoms with Gasteiger partial charge in [-0.1, -0.05) is 0 Å². The Hall–Kier alpha value is -0.120. The SMILES string of the molecule is OC1COC2(CCNC2)C1. The van der Waals surface area contributed by atoms with Crippen LogP contribution < -0.4 is 5.32 Å². The predicted octanol–water partition coefficient (Wildman–Crippen LogP) is -0.500. The lowest BCUT2D eigenvalue weighted by molar-refractivity contribution is 0.0172. The summed E-state index contributed by atoms with van der Waals surface area (Å²) in [5.41, 5.74) is -0.000579. The molecule has 2 aliphatic heterocycles. The third kappa shape index (κ3) is 0.944. The van der Waals surface area contributed by atoms with Gasteiger partial charge in [-0.15, -0.1) is 0 Å². The van der Waals surface area contributed by atoms with E-state index in [9.17, 15) is 5.11 Å². The second-order valence-electron chi connectivity index (χ2n) is 3.28. The second kappa shape index (κ2) is 2.19. The fourth-order valence-electron chi connectivity index (χ4n) is 1.84. The zero-order valence-corrected chi connectivity index (χ0v) is 5.97. The molecule has 2 atom stereocenters. The zero-order valence-electron chi connectivity index (χ0n) is 5.97. The molecule has 0 aromatic rings. The fraction of sp³-hybridized carbons (Fsp3) is 1.00. The van der Waals surface area contributed by atoms with Gasteiger partial charge in [-0.25, -0.2) is 0 Å². The van der Waals surface area contributed by atoms with Crippen LogP contribution in [0.25, 0.3) is 0 Å². The minimum atomic E-state index is -0.222. The maximum absolute atomic E-state index is 9.20. The number of aliphatic hydroxyl groups is 1. The Kier molecular flexibility index (Phi) is 1.44. The number of rotatable bonds is 0. The molecule has 2 aliphatic rings. The maximum Gasteiger partial charge on any atom is 0.0845 e. The van der Waals surface area contributed by atoms with Crippen LogP contribution in [0.1, 0.15) is 12.8 Å². The van der Waals surface area contributed by atoms with Crippen molar-refractivity contribution in [3.63, 3.8) is 0 Å². The van der Waals surface area contributed by atoms with Crippen molar-refractivity contribution in [1.82, 2.24) is 5.32 Å². The lowest BCUT2D eigenvalue weighted by Gasteiger charge is -2.19. The molecule has 2 rings (SSSR count). The number of hydrogen-bond acceptors (Lipinski definition) is 3. The highest BCUT2D eigenvalue weighted by Crippen LogP contribution is 2.31. The second-order valence-corrected chi connectivity index (χ2v) is 3.28. The first kappa shape index (κ1) is 6.58. The topological polar surface area (TPSA) is 41.5 Å². The molecule has 3 heteroatoms. The smallest absolute Gasteiger partial charge is 0.0845 e. The Bertz CT molecular complexity index is 132. The highest BCUT2D eigenvalue weighted by molar-refractivity contribution is 4.95. The van der Waals surface area contributed by atoms with Gasteiger partial charge in [0.1, 0.15) is 0 Å². The van der Waals surface area contributed by atoms with E-state index in [0.29, 0.717) is 6.61 Å². The van der Waals surface area contributed by atoms with Crippen LogP contribution in [0.4, 0.5) is 0 Å². The van der Waals surface area contributed by atoms with Crippen LogP contribution in [0.3, 0.4) is 0 Å². The van der Waals surface area contributed by atoms with E-state index in [2.05, 4.69) is 5.32 Å². The van der Waals surface area contributed by atoms with Crippen molar-refractivity contribution >= 4 is 0 Å². The normalized spacial score (nSPS) is 47.1. The molecule has 0 amide bonds. The summed E-state index contributed by atoms with van der Waals surface area (Å²) in [5, 5.41) is 12.4. The van der Waals surface area contributed by atoms with Crippen molar-refractivity contribution in [2.24, 2.45) is 0 Å². The third-order valence-corrected chi connectivity index (χ3v) is 2.39. The van der Waals surface area contributed by atoms with Gasteiger partial charge in [-0.2, -0.15) is 0 Å².